The molecule has 0 aliphatic rings. The van der Waals surface area contributed by atoms with Gasteiger partial charge in [0.1, 0.15) is 5.75 Å². The molecule has 0 saturated heterocycles. The minimum atomic E-state index is 0.365. The second-order valence-corrected chi connectivity index (χ2v) is 5.17. The lowest BCUT2D eigenvalue weighted by atomic mass is 10.3. The summed E-state index contributed by atoms with van der Waals surface area (Å²) in [7, 11) is 1.65. The molecule has 0 spiro atoms. The minimum Gasteiger partial charge on any atom is -0.497 e. The van der Waals surface area contributed by atoms with Gasteiger partial charge in [-0.3, -0.25) is 0 Å². The van der Waals surface area contributed by atoms with Gasteiger partial charge >= 0.3 is 0 Å². The summed E-state index contributed by atoms with van der Waals surface area (Å²) in [5.74, 6) is 1.62. The van der Waals surface area contributed by atoms with Gasteiger partial charge in [-0.1, -0.05) is 15.9 Å². The SMILES string of the molecule is COc1cc(Br)cc(Nc2nccn2C(C)C)c1. The highest BCUT2D eigenvalue weighted by Gasteiger charge is 2.07. The summed E-state index contributed by atoms with van der Waals surface area (Å²) in [4.78, 5) is 4.31. The van der Waals surface area contributed by atoms with Crippen LogP contribution in [0.2, 0.25) is 0 Å². The van der Waals surface area contributed by atoms with E-state index in [2.05, 4.69) is 44.6 Å². The lowest BCUT2D eigenvalue weighted by Crippen LogP contribution is -2.05. The number of hydrogen-bond donors (Lipinski definition) is 1. The maximum absolute atomic E-state index is 5.24. The Morgan fingerprint density at radius 2 is 2.11 bits per heavy atom. The zero-order valence-electron chi connectivity index (χ0n) is 10.6. The fourth-order valence-corrected chi connectivity index (χ4v) is 2.18. The lowest BCUT2D eigenvalue weighted by molar-refractivity contribution is 0.415. The molecule has 1 N–H and O–H groups in total. The lowest BCUT2D eigenvalue weighted by Gasteiger charge is -2.13. The largest absolute Gasteiger partial charge is 0.497 e. The average Bonchev–Trinajstić information content (AvgIpc) is 2.76. The summed E-state index contributed by atoms with van der Waals surface area (Å²) < 4.78 is 8.28. The Hall–Kier alpha value is -1.49. The van der Waals surface area contributed by atoms with E-state index in [0.29, 0.717) is 6.04 Å². The third kappa shape index (κ3) is 2.85. The first-order valence-corrected chi connectivity index (χ1v) is 6.54. The Morgan fingerprint density at radius 3 is 2.78 bits per heavy atom. The van der Waals surface area contributed by atoms with E-state index < -0.39 is 0 Å². The molecule has 18 heavy (non-hydrogen) atoms. The van der Waals surface area contributed by atoms with Crippen molar-refractivity contribution in [1.82, 2.24) is 9.55 Å². The summed E-state index contributed by atoms with van der Waals surface area (Å²) in [6, 6.07) is 6.20. The van der Waals surface area contributed by atoms with Crippen LogP contribution >= 0.6 is 15.9 Å². The van der Waals surface area contributed by atoms with Crippen molar-refractivity contribution in [3.8, 4) is 5.75 Å². The van der Waals surface area contributed by atoms with Crippen LogP contribution in [0.3, 0.4) is 0 Å². The first kappa shape index (κ1) is 13.0. The molecule has 2 rings (SSSR count). The molecule has 96 valence electrons. The van der Waals surface area contributed by atoms with E-state index in [-0.39, 0.29) is 0 Å². The summed E-state index contributed by atoms with van der Waals surface area (Å²) >= 11 is 3.46. The second kappa shape index (κ2) is 5.44. The maximum Gasteiger partial charge on any atom is 0.207 e. The standard InChI is InChI=1S/C13H16BrN3O/c1-9(2)17-5-4-15-13(17)16-11-6-10(14)7-12(8-11)18-3/h4-9H,1-3H3,(H,15,16). The van der Waals surface area contributed by atoms with Crippen LogP contribution in [0, 0.1) is 0 Å². The van der Waals surface area contributed by atoms with Crippen LogP contribution in [0.1, 0.15) is 19.9 Å². The third-order valence-electron chi connectivity index (χ3n) is 2.59. The predicted octanol–water partition coefficient (Wildman–Crippen LogP) is 3.98. The molecule has 2 aromatic rings. The van der Waals surface area contributed by atoms with Crippen molar-refractivity contribution in [3.63, 3.8) is 0 Å². The highest BCUT2D eigenvalue weighted by molar-refractivity contribution is 9.10. The number of halogens is 1. The van der Waals surface area contributed by atoms with Crippen molar-refractivity contribution in [1.29, 1.82) is 0 Å². The molecule has 0 amide bonds. The van der Waals surface area contributed by atoms with Crippen LogP contribution in [0.5, 0.6) is 5.75 Å². The molecule has 0 fully saturated rings. The van der Waals surface area contributed by atoms with E-state index in [1.54, 1.807) is 13.3 Å². The van der Waals surface area contributed by atoms with Crippen LogP contribution < -0.4 is 10.1 Å². The molecule has 0 radical (unpaired) electrons. The molecule has 0 aliphatic heterocycles. The Balaban J connectivity index is 2.28. The number of hydrogen-bond acceptors (Lipinski definition) is 3. The molecule has 0 bridgehead atoms. The number of benzene rings is 1. The van der Waals surface area contributed by atoms with Crippen molar-refractivity contribution in [2.75, 3.05) is 12.4 Å². The van der Waals surface area contributed by atoms with E-state index in [1.165, 1.54) is 0 Å². The van der Waals surface area contributed by atoms with Gasteiger partial charge in [-0.05, 0) is 26.0 Å². The van der Waals surface area contributed by atoms with Gasteiger partial charge in [0.15, 0.2) is 0 Å². The molecule has 4 nitrogen and oxygen atoms in total. The van der Waals surface area contributed by atoms with Gasteiger partial charge in [-0.15, -0.1) is 0 Å². The van der Waals surface area contributed by atoms with Crippen molar-refractivity contribution in [2.24, 2.45) is 0 Å². The van der Waals surface area contributed by atoms with Crippen molar-refractivity contribution < 1.29 is 4.74 Å². The molecule has 1 aromatic carbocycles. The summed E-state index contributed by atoms with van der Waals surface area (Å²) in [6.45, 7) is 4.24. The first-order chi connectivity index (χ1) is 8.60. The molecule has 0 atom stereocenters. The maximum atomic E-state index is 5.24. The van der Waals surface area contributed by atoms with E-state index in [1.807, 2.05) is 24.4 Å². The quantitative estimate of drug-likeness (QED) is 0.928. The Kier molecular flexibility index (Phi) is 3.91. The number of methoxy groups -OCH3 is 1. The van der Waals surface area contributed by atoms with E-state index in [9.17, 15) is 0 Å². The topological polar surface area (TPSA) is 39.1 Å². The van der Waals surface area contributed by atoms with Crippen LogP contribution in [-0.4, -0.2) is 16.7 Å². The van der Waals surface area contributed by atoms with Crippen LogP contribution in [-0.2, 0) is 0 Å². The number of nitrogens with zero attached hydrogens (tertiary/aromatic N) is 2. The van der Waals surface area contributed by atoms with E-state index >= 15 is 0 Å². The van der Waals surface area contributed by atoms with Gasteiger partial charge in [-0.25, -0.2) is 4.98 Å². The highest BCUT2D eigenvalue weighted by atomic mass is 79.9. The molecule has 0 aliphatic carbocycles. The summed E-state index contributed by atoms with van der Waals surface area (Å²) in [6.07, 6.45) is 3.75. The van der Waals surface area contributed by atoms with Crippen LogP contribution in [0.25, 0.3) is 0 Å². The zero-order chi connectivity index (χ0) is 13.1. The summed E-state index contributed by atoms with van der Waals surface area (Å²) in [5.41, 5.74) is 0.939. The van der Waals surface area contributed by atoms with Gasteiger partial charge in [0.2, 0.25) is 5.95 Å². The molecule has 1 heterocycles. The molecule has 5 heteroatoms. The number of nitrogens with one attached hydrogen (secondary N) is 1. The van der Waals surface area contributed by atoms with Crippen LogP contribution in [0.4, 0.5) is 11.6 Å². The van der Waals surface area contributed by atoms with Gasteiger partial charge < -0.3 is 14.6 Å². The predicted molar refractivity (Wildman–Crippen MR) is 76.6 cm³/mol. The van der Waals surface area contributed by atoms with Gasteiger partial charge in [0, 0.05) is 34.7 Å². The third-order valence-corrected chi connectivity index (χ3v) is 3.05. The fourth-order valence-electron chi connectivity index (χ4n) is 1.71. The Bertz CT molecular complexity index is 537. The van der Waals surface area contributed by atoms with Crippen LogP contribution in [0.15, 0.2) is 35.1 Å². The van der Waals surface area contributed by atoms with Crippen molar-refractivity contribution >= 4 is 27.6 Å². The first-order valence-electron chi connectivity index (χ1n) is 5.74. The van der Waals surface area contributed by atoms with Crippen molar-refractivity contribution in [2.45, 2.75) is 19.9 Å². The average molecular weight is 310 g/mol. The number of anilines is 2. The number of rotatable bonds is 4. The molecule has 1 aromatic heterocycles. The number of imidazole rings is 1. The van der Waals surface area contributed by atoms with E-state index in [0.717, 1.165) is 21.9 Å². The number of aromatic nitrogens is 2. The molecule has 0 saturated carbocycles. The number of ether oxygens (including phenoxy) is 1. The second-order valence-electron chi connectivity index (χ2n) is 4.26. The zero-order valence-corrected chi connectivity index (χ0v) is 12.2. The van der Waals surface area contributed by atoms with Gasteiger partial charge in [-0.2, -0.15) is 0 Å². The smallest absolute Gasteiger partial charge is 0.207 e. The minimum absolute atomic E-state index is 0.365. The van der Waals surface area contributed by atoms with Gasteiger partial charge in [0.05, 0.1) is 7.11 Å². The fraction of sp³-hybridized carbons (Fsp3) is 0.308. The summed E-state index contributed by atoms with van der Waals surface area (Å²) in [5, 5.41) is 3.29. The molecule has 0 unspecified atom stereocenters. The van der Waals surface area contributed by atoms with Crippen molar-refractivity contribution in [3.05, 3.63) is 35.1 Å². The molecular weight excluding hydrogens is 294 g/mol. The highest BCUT2D eigenvalue weighted by Crippen LogP contribution is 2.27. The van der Waals surface area contributed by atoms with E-state index in [4.69, 9.17) is 4.74 Å². The monoisotopic (exact) mass is 309 g/mol. The Labute approximate surface area is 115 Å². The Morgan fingerprint density at radius 1 is 1.33 bits per heavy atom. The van der Waals surface area contributed by atoms with Gasteiger partial charge in [0.25, 0.3) is 0 Å². The molecular formula is C13H16BrN3O. The normalized spacial score (nSPS) is 10.7.